The fraction of sp³-hybridized carbons (Fsp3) is 0.133. The summed E-state index contributed by atoms with van der Waals surface area (Å²) >= 11 is 0. The average molecular weight is 282 g/mol. The Morgan fingerprint density at radius 3 is 2.95 bits per heavy atom. The maximum absolute atomic E-state index is 12.3. The summed E-state index contributed by atoms with van der Waals surface area (Å²) in [6.45, 7) is 2.03. The topological polar surface area (TPSA) is 94.0 Å². The molecule has 0 aliphatic carbocycles. The first-order valence-electron chi connectivity index (χ1n) is 6.48. The number of pyridine rings is 1. The van der Waals surface area contributed by atoms with E-state index in [0.717, 1.165) is 5.39 Å². The van der Waals surface area contributed by atoms with Crippen molar-refractivity contribution < 1.29 is 9.21 Å². The van der Waals surface area contributed by atoms with Crippen LogP contribution in [0.4, 0.5) is 5.82 Å². The molecule has 0 atom stereocenters. The van der Waals surface area contributed by atoms with Crippen LogP contribution in [0.1, 0.15) is 22.0 Å². The lowest BCUT2D eigenvalue weighted by Crippen LogP contribution is -2.23. The molecule has 2 heterocycles. The number of para-hydroxylation sites is 1. The van der Waals surface area contributed by atoms with Crippen LogP contribution < -0.4 is 11.1 Å². The smallest absolute Gasteiger partial charge is 0.252 e. The number of carbonyl (C=O) groups excluding carboxylic acids is 1. The molecule has 0 saturated heterocycles. The number of carbonyl (C=O) groups is 1. The lowest BCUT2D eigenvalue weighted by molar-refractivity contribution is 0.0948. The molecule has 0 fully saturated rings. The standard InChI is InChI=1S/C15H14N4O2/c1-9-7-17-14(21-9)8-18-15(20)11-6-13(16)19-12-5-3-2-4-10(11)12/h2-7H,8H2,1H3,(H2,16,19)(H,18,20). The van der Waals surface area contributed by atoms with Crippen LogP contribution in [0.15, 0.2) is 40.9 Å². The Balaban J connectivity index is 1.87. The second kappa shape index (κ2) is 5.24. The minimum Gasteiger partial charge on any atom is -0.444 e. The van der Waals surface area contributed by atoms with Crippen molar-refractivity contribution in [1.29, 1.82) is 0 Å². The summed E-state index contributed by atoms with van der Waals surface area (Å²) in [7, 11) is 0. The monoisotopic (exact) mass is 282 g/mol. The molecule has 0 unspecified atom stereocenters. The van der Waals surface area contributed by atoms with E-state index in [-0.39, 0.29) is 12.5 Å². The van der Waals surface area contributed by atoms with Crippen LogP contribution in [0.2, 0.25) is 0 Å². The average Bonchev–Trinajstić information content (AvgIpc) is 2.89. The van der Waals surface area contributed by atoms with Gasteiger partial charge in [-0.05, 0) is 19.1 Å². The third-order valence-electron chi connectivity index (χ3n) is 3.05. The Labute approximate surface area is 121 Å². The minimum atomic E-state index is -0.240. The van der Waals surface area contributed by atoms with E-state index in [1.807, 2.05) is 24.3 Å². The highest BCUT2D eigenvalue weighted by atomic mass is 16.4. The highest BCUT2D eigenvalue weighted by Crippen LogP contribution is 2.19. The molecule has 106 valence electrons. The van der Waals surface area contributed by atoms with Crippen molar-refractivity contribution in [2.24, 2.45) is 0 Å². The van der Waals surface area contributed by atoms with Gasteiger partial charge in [0.25, 0.3) is 5.91 Å². The van der Waals surface area contributed by atoms with E-state index >= 15 is 0 Å². The first-order valence-corrected chi connectivity index (χ1v) is 6.48. The number of benzene rings is 1. The molecule has 0 aliphatic rings. The van der Waals surface area contributed by atoms with Crippen molar-refractivity contribution in [2.75, 3.05) is 5.73 Å². The number of aryl methyl sites for hydroxylation is 1. The molecule has 0 saturated carbocycles. The predicted molar refractivity (Wildman–Crippen MR) is 78.6 cm³/mol. The van der Waals surface area contributed by atoms with Gasteiger partial charge in [-0.2, -0.15) is 0 Å². The van der Waals surface area contributed by atoms with Crippen LogP contribution in [0.3, 0.4) is 0 Å². The lowest BCUT2D eigenvalue weighted by atomic mass is 10.1. The fourth-order valence-corrected chi connectivity index (χ4v) is 2.12. The first kappa shape index (κ1) is 13.1. The lowest BCUT2D eigenvalue weighted by Gasteiger charge is -2.07. The number of hydrogen-bond donors (Lipinski definition) is 2. The quantitative estimate of drug-likeness (QED) is 0.766. The van der Waals surface area contributed by atoms with E-state index in [0.29, 0.717) is 28.5 Å². The van der Waals surface area contributed by atoms with Crippen LogP contribution in [0, 0.1) is 6.92 Å². The van der Waals surface area contributed by atoms with Crippen LogP contribution in [-0.2, 0) is 6.54 Å². The molecule has 0 bridgehead atoms. The summed E-state index contributed by atoms with van der Waals surface area (Å²) in [6, 6.07) is 8.94. The van der Waals surface area contributed by atoms with E-state index in [9.17, 15) is 4.79 Å². The van der Waals surface area contributed by atoms with E-state index in [2.05, 4.69) is 15.3 Å². The zero-order valence-electron chi connectivity index (χ0n) is 11.5. The van der Waals surface area contributed by atoms with Crippen LogP contribution in [0.5, 0.6) is 0 Å². The molecule has 21 heavy (non-hydrogen) atoms. The molecule has 6 nitrogen and oxygen atoms in total. The van der Waals surface area contributed by atoms with Gasteiger partial charge in [0.2, 0.25) is 5.89 Å². The normalized spacial score (nSPS) is 10.7. The maximum atomic E-state index is 12.3. The summed E-state index contributed by atoms with van der Waals surface area (Å²) in [4.78, 5) is 20.6. The number of nitrogens with one attached hydrogen (secondary N) is 1. The second-order valence-corrected chi connectivity index (χ2v) is 4.66. The number of nitrogens with zero attached hydrogens (tertiary/aromatic N) is 2. The van der Waals surface area contributed by atoms with Crippen LogP contribution in [0.25, 0.3) is 10.9 Å². The van der Waals surface area contributed by atoms with E-state index in [1.54, 1.807) is 19.2 Å². The van der Waals surface area contributed by atoms with Gasteiger partial charge >= 0.3 is 0 Å². The molecular weight excluding hydrogens is 268 g/mol. The molecule has 3 aromatic rings. The molecular formula is C15H14N4O2. The number of amides is 1. The molecule has 0 radical (unpaired) electrons. The van der Waals surface area contributed by atoms with Crippen molar-refractivity contribution in [3.05, 3.63) is 53.7 Å². The van der Waals surface area contributed by atoms with E-state index in [4.69, 9.17) is 10.2 Å². The van der Waals surface area contributed by atoms with Gasteiger partial charge in [0.05, 0.1) is 23.8 Å². The van der Waals surface area contributed by atoms with Crippen molar-refractivity contribution in [2.45, 2.75) is 13.5 Å². The minimum absolute atomic E-state index is 0.225. The summed E-state index contributed by atoms with van der Waals surface area (Å²) < 4.78 is 5.32. The largest absolute Gasteiger partial charge is 0.444 e. The van der Waals surface area contributed by atoms with Crippen molar-refractivity contribution in [3.63, 3.8) is 0 Å². The molecule has 6 heteroatoms. The van der Waals surface area contributed by atoms with Crippen molar-refractivity contribution in [1.82, 2.24) is 15.3 Å². The molecule has 3 rings (SSSR count). The molecule has 0 aliphatic heterocycles. The SMILES string of the molecule is Cc1cnc(CNC(=O)c2cc(N)nc3ccccc23)o1. The highest BCUT2D eigenvalue weighted by molar-refractivity contribution is 6.06. The Morgan fingerprint density at radius 2 is 2.19 bits per heavy atom. The number of fused-ring (bicyclic) bond motifs is 1. The zero-order chi connectivity index (χ0) is 14.8. The Morgan fingerprint density at radius 1 is 1.38 bits per heavy atom. The summed E-state index contributed by atoms with van der Waals surface area (Å²) in [5, 5.41) is 3.53. The highest BCUT2D eigenvalue weighted by Gasteiger charge is 2.12. The summed E-state index contributed by atoms with van der Waals surface area (Å²) in [6.07, 6.45) is 1.61. The van der Waals surface area contributed by atoms with Gasteiger partial charge in [-0.1, -0.05) is 18.2 Å². The Hall–Kier alpha value is -2.89. The van der Waals surface area contributed by atoms with E-state index in [1.165, 1.54) is 0 Å². The molecule has 0 spiro atoms. The number of nitrogen functional groups attached to an aromatic ring is 1. The van der Waals surface area contributed by atoms with Gasteiger partial charge in [0.1, 0.15) is 11.6 Å². The second-order valence-electron chi connectivity index (χ2n) is 4.66. The van der Waals surface area contributed by atoms with Gasteiger partial charge in [-0.15, -0.1) is 0 Å². The first-order chi connectivity index (χ1) is 10.1. The van der Waals surface area contributed by atoms with Gasteiger partial charge in [0.15, 0.2) is 0 Å². The van der Waals surface area contributed by atoms with Crippen molar-refractivity contribution in [3.8, 4) is 0 Å². The van der Waals surface area contributed by atoms with Crippen LogP contribution in [-0.4, -0.2) is 15.9 Å². The number of hydrogen-bond acceptors (Lipinski definition) is 5. The number of rotatable bonds is 3. The Kier molecular flexibility index (Phi) is 3.27. The number of anilines is 1. The molecule has 3 N–H and O–H groups in total. The zero-order valence-corrected chi connectivity index (χ0v) is 11.5. The fourth-order valence-electron chi connectivity index (χ4n) is 2.12. The van der Waals surface area contributed by atoms with E-state index < -0.39 is 0 Å². The van der Waals surface area contributed by atoms with Gasteiger partial charge < -0.3 is 15.5 Å². The van der Waals surface area contributed by atoms with Crippen LogP contribution >= 0.6 is 0 Å². The van der Waals surface area contributed by atoms with Gasteiger partial charge in [-0.25, -0.2) is 9.97 Å². The number of oxazole rings is 1. The number of aromatic nitrogens is 2. The molecule has 1 amide bonds. The molecule has 2 aromatic heterocycles. The van der Waals surface area contributed by atoms with Gasteiger partial charge in [-0.3, -0.25) is 4.79 Å². The molecule has 1 aromatic carbocycles. The van der Waals surface area contributed by atoms with Crippen molar-refractivity contribution >= 4 is 22.6 Å². The van der Waals surface area contributed by atoms with Gasteiger partial charge in [0, 0.05) is 5.39 Å². The summed E-state index contributed by atoms with van der Waals surface area (Å²) in [5.74, 6) is 1.24. The number of nitrogens with two attached hydrogens (primary N) is 1. The maximum Gasteiger partial charge on any atom is 0.252 e. The third kappa shape index (κ3) is 2.69. The summed E-state index contributed by atoms with van der Waals surface area (Å²) in [5.41, 5.74) is 6.93. The Bertz CT molecular complexity index is 810. The predicted octanol–water partition coefficient (Wildman–Crippen LogP) is 2.04. The third-order valence-corrected chi connectivity index (χ3v) is 3.05.